The molecule has 9 heteroatoms. The van der Waals surface area contributed by atoms with Gasteiger partial charge in [-0.25, -0.2) is 4.39 Å². The Kier molecular flexibility index (Phi) is 6.48. The van der Waals surface area contributed by atoms with Gasteiger partial charge in [0.1, 0.15) is 11.4 Å². The Labute approximate surface area is 213 Å². The van der Waals surface area contributed by atoms with E-state index in [0.29, 0.717) is 10.7 Å². The van der Waals surface area contributed by atoms with E-state index in [4.69, 9.17) is 35.4 Å². The van der Waals surface area contributed by atoms with E-state index < -0.39 is 17.6 Å². The van der Waals surface area contributed by atoms with Crippen LogP contribution in [0.25, 0.3) is 6.08 Å². The summed E-state index contributed by atoms with van der Waals surface area (Å²) in [6.45, 7) is 9.18. The maximum Gasteiger partial charge on any atom is 0.270 e. The molecule has 1 atom stereocenters. The average molecular weight is 520 g/mol. The van der Waals surface area contributed by atoms with Crippen molar-refractivity contribution in [2.75, 3.05) is 16.3 Å². The van der Waals surface area contributed by atoms with Gasteiger partial charge >= 0.3 is 0 Å². The number of hydrogen-bond acceptors (Lipinski definition) is 4. The summed E-state index contributed by atoms with van der Waals surface area (Å²) in [7, 11) is 0. The van der Waals surface area contributed by atoms with E-state index in [9.17, 15) is 9.59 Å². The van der Waals surface area contributed by atoms with E-state index in [2.05, 4.69) is 31.0 Å². The van der Waals surface area contributed by atoms with Gasteiger partial charge in [-0.3, -0.25) is 19.8 Å². The molecule has 0 radical (unpaired) electrons. The number of carbonyl (C=O) groups excluding carboxylic acids is 2. The summed E-state index contributed by atoms with van der Waals surface area (Å²) < 4.78 is 15.3. The first-order valence-corrected chi connectivity index (χ1v) is 12.1. The Morgan fingerprint density at radius 3 is 2.56 bits per heavy atom. The number of nitrogens with one attached hydrogen (secondary N) is 1. The highest BCUT2D eigenvalue weighted by atomic mass is 35.5. The first-order chi connectivity index (χ1) is 15.9. The van der Waals surface area contributed by atoms with Crippen LogP contribution in [0.2, 0.25) is 10.0 Å². The standard InChI is InChI=1S/C25H24Cl2FN3O2S/c1-5-30-21-11-20(28)14(8-16(21)13(2)12-25(30,3)4)9-17-22(32)29-24(34)31(23(17)33)15-6-7-18(26)19(27)10-15/h6-11,13H,5,12H2,1-4H3,(H,29,32,34)/b17-9-. The molecule has 0 spiro atoms. The Morgan fingerprint density at radius 2 is 1.91 bits per heavy atom. The van der Waals surface area contributed by atoms with Gasteiger partial charge in [0.25, 0.3) is 11.8 Å². The van der Waals surface area contributed by atoms with Crippen molar-refractivity contribution < 1.29 is 14.0 Å². The fraction of sp³-hybridized carbons (Fsp3) is 0.320. The van der Waals surface area contributed by atoms with E-state index in [-0.39, 0.29) is 32.7 Å². The number of anilines is 2. The molecule has 1 fully saturated rings. The molecule has 2 aliphatic heterocycles. The summed E-state index contributed by atoms with van der Waals surface area (Å²) in [5.41, 5.74) is 1.99. The molecule has 34 heavy (non-hydrogen) atoms. The number of fused-ring (bicyclic) bond motifs is 1. The van der Waals surface area contributed by atoms with Crippen molar-refractivity contribution in [1.29, 1.82) is 0 Å². The molecule has 0 saturated carbocycles. The van der Waals surface area contributed by atoms with Gasteiger partial charge in [-0.2, -0.15) is 0 Å². The molecular weight excluding hydrogens is 496 g/mol. The van der Waals surface area contributed by atoms with Crippen LogP contribution in [-0.4, -0.2) is 29.0 Å². The van der Waals surface area contributed by atoms with Crippen LogP contribution >= 0.6 is 35.4 Å². The van der Waals surface area contributed by atoms with Gasteiger partial charge < -0.3 is 4.90 Å². The first kappa shape index (κ1) is 24.6. The Balaban J connectivity index is 1.78. The third-order valence-corrected chi connectivity index (χ3v) is 7.41. The van der Waals surface area contributed by atoms with Crippen molar-refractivity contribution in [2.24, 2.45) is 0 Å². The lowest BCUT2D eigenvalue weighted by molar-refractivity contribution is -0.122. The van der Waals surface area contributed by atoms with Crippen molar-refractivity contribution in [3.05, 3.63) is 62.9 Å². The first-order valence-electron chi connectivity index (χ1n) is 10.9. The Morgan fingerprint density at radius 1 is 1.21 bits per heavy atom. The van der Waals surface area contributed by atoms with E-state index in [1.165, 1.54) is 24.3 Å². The number of benzene rings is 2. The second-order valence-electron chi connectivity index (χ2n) is 9.15. The SMILES string of the molecule is CCN1c2cc(F)c(/C=C3/C(=O)NC(=S)N(c4ccc(Cl)c(Cl)c4)C3=O)cc2C(C)CC1(C)C. The molecule has 4 rings (SSSR count). The van der Waals surface area contributed by atoms with Crippen molar-refractivity contribution in [1.82, 2.24) is 5.32 Å². The predicted molar refractivity (Wildman–Crippen MR) is 139 cm³/mol. The predicted octanol–water partition coefficient (Wildman–Crippen LogP) is 6.08. The number of thiocarbonyl (C=S) groups is 1. The molecule has 0 aliphatic carbocycles. The third-order valence-electron chi connectivity index (χ3n) is 6.38. The molecule has 2 amide bonds. The summed E-state index contributed by atoms with van der Waals surface area (Å²) in [6.07, 6.45) is 2.18. The summed E-state index contributed by atoms with van der Waals surface area (Å²) in [5, 5.41) is 2.96. The molecule has 0 aromatic heterocycles. The van der Waals surface area contributed by atoms with Crippen molar-refractivity contribution >= 4 is 69.8 Å². The van der Waals surface area contributed by atoms with Crippen LogP contribution in [0.1, 0.15) is 51.2 Å². The van der Waals surface area contributed by atoms with Crippen LogP contribution in [0.3, 0.4) is 0 Å². The van der Waals surface area contributed by atoms with Gasteiger partial charge in [-0.15, -0.1) is 0 Å². The molecule has 5 nitrogen and oxygen atoms in total. The van der Waals surface area contributed by atoms with E-state index in [1.807, 2.05) is 6.92 Å². The maximum absolute atomic E-state index is 15.3. The number of hydrogen-bond donors (Lipinski definition) is 1. The number of halogens is 3. The molecule has 178 valence electrons. The molecule has 1 unspecified atom stereocenters. The maximum atomic E-state index is 15.3. The van der Waals surface area contributed by atoms with Gasteiger partial charge in [0.2, 0.25) is 0 Å². The number of carbonyl (C=O) groups is 2. The monoisotopic (exact) mass is 519 g/mol. The molecule has 2 aliphatic rings. The smallest absolute Gasteiger partial charge is 0.270 e. The molecule has 2 heterocycles. The lowest BCUT2D eigenvalue weighted by atomic mass is 9.79. The van der Waals surface area contributed by atoms with Crippen LogP contribution in [0, 0.1) is 5.82 Å². The fourth-order valence-electron chi connectivity index (χ4n) is 4.90. The van der Waals surface area contributed by atoms with Gasteiger partial charge in [0.05, 0.1) is 15.7 Å². The zero-order valence-electron chi connectivity index (χ0n) is 19.2. The number of nitrogens with zero attached hydrogens (tertiary/aromatic N) is 2. The zero-order valence-corrected chi connectivity index (χ0v) is 21.5. The van der Waals surface area contributed by atoms with Gasteiger partial charge in [-0.1, -0.05) is 30.1 Å². The summed E-state index contributed by atoms with van der Waals surface area (Å²) in [5.74, 6) is -1.69. The molecule has 0 bridgehead atoms. The summed E-state index contributed by atoms with van der Waals surface area (Å²) >= 11 is 17.3. The zero-order chi connectivity index (χ0) is 24.9. The van der Waals surface area contributed by atoms with Crippen LogP contribution in [-0.2, 0) is 9.59 Å². The Bertz CT molecular complexity index is 1260. The second-order valence-corrected chi connectivity index (χ2v) is 10.4. The number of rotatable bonds is 3. The van der Waals surface area contributed by atoms with Crippen LogP contribution < -0.4 is 15.1 Å². The summed E-state index contributed by atoms with van der Waals surface area (Å²) in [4.78, 5) is 29.3. The van der Waals surface area contributed by atoms with Crippen molar-refractivity contribution in [3.8, 4) is 0 Å². The van der Waals surface area contributed by atoms with Gasteiger partial charge in [0, 0.05) is 23.3 Å². The molecule has 1 saturated heterocycles. The summed E-state index contributed by atoms with van der Waals surface area (Å²) in [6, 6.07) is 7.80. The van der Waals surface area contributed by atoms with Crippen molar-refractivity contribution in [3.63, 3.8) is 0 Å². The molecule has 1 N–H and O–H groups in total. The topological polar surface area (TPSA) is 52.7 Å². The lowest BCUT2D eigenvalue weighted by Gasteiger charge is -2.47. The Hall–Kier alpha value is -2.48. The highest BCUT2D eigenvalue weighted by molar-refractivity contribution is 7.80. The molecular formula is C25H24Cl2FN3O2S. The van der Waals surface area contributed by atoms with Crippen molar-refractivity contribution in [2.45, 2.75) is 45.6 Å². The minimum atomic E-state index is -0.687. The van der Waals surface area contributed by atoms with Gasteiger partial charge in [0.15, 0.2) is 5.11 Å². The third kappa shape index (κ3) is 4.21. The average Bonchev–Trinajstić information content (AvgIpc) is 2.73. The number of amides is 2. The second kappa shape index (κ2) is 8.95. The van der Waals surface area contributed by atoms with Crippen LogP contribution in [0.4, 0.5) is 15.8 Å². The van der Waals surface area contributed by atoms with Crippen LogP contribution in [0.5, 0.6) is 0 Å². The highest BCUT2D eigenvalue weighted by Gasteiger charge is 2.37. The van der Waals surface area contributed by atoms with E-state index >= 15 is 4.39 Å². The lowest BCUT2D eigenvalue weighted by Crippen LogP contribution is -2.54. The quantitative estimate of drug-likeness (QED) is 0.303. The van der Waals surface area contributed by atoms with E-state index in [0.717, 1.165) is 29.1 Å². The highest BCUT2D eigenvalue weighted by Crippen LogP contribution is 2.44. The minimum Gasteiger partial charge on any atom is -0.366 e. The fourth-order valence-corrected chi connectivity index (χ4v) is 5.48. The molecule has 2 aromatic carbocycles. The van der Waals surface area contributed by atoms with E-state index in [1.54, 1.807) is 12.1 Å². The normalized spacial score (nSPS) is 21.1. The largest absolute Gasteiger partial charge is 0.366 e. The van der Waals surface area contributed by atoms with Crippen LogP contribution in [0.15, 0.2) is 35.9 Å². The molecule has 2 aromatic rings. The van der Waals surface area contributed by atoms with Gasteiger partial charge in [-0.05, 0) is 87.3 Å². The minimum absolute atomic E-state index is 0.0918.